The van der Waals surface area contributed by atoms with E-state index in [1.807, 2.05) is 61.5 Å². The SMILES string of the molecule is Cc1cc(C2=NC(=CC=Cc3ccccc3)C(=O)O2)ccc1Br. The van der Waals surface area contributed by atoms with Gasteiger partial charge in [-0.05, 0) is 42.3 Å². The molecule has 1 heterocycles. The molecule has 1 aliphatic rings. The number of cyclic esters (lactones) is 1. The summed E-state index contributed by atoms with van der Waals surface area (Å²) >= 11 is 3.45. The first-order valence-electron chi connectivity index (χ1n) is 7.14. The van der Waals surface area contributed by atoms with Crippen LogP contribution < -0.4 is 0 Å². The predicted octanol–water partition coefficient (Wildman–Crippen LogP) is 4.66. The molecule has 0 atom stereocenters. The molecule has 114 valence electrons. The number of rotatable bonds is 3. The molecule has 23 heavy (non-hydrogen) atoms. The topological polar surface area (TPSA) is 38.7 Å². The lowest BCUT2D eigenvalue weighted by atomic mass is 10.1. The maximum atomic E-state index is 11.9. The second kappa shape index (κ2) is 6.75. The number of aryl methyl sites for hydroxylation is 1. The lowest BCUT2D eigenvalue weighted by molar-refractivity contribution is -0.130. The lowest BCUT2D eigenvalue weighted by Crippen LogP contribution is -2.05. The molecule has 0 amide bonds. The molecule has 0 unspecified atom stereocenters. The van der Waals surface area contributed by atoms with Gasteiger partial charge in [-0.3, -0.25) is 0 Å². The number of carbonyl (C=O) groups excluding carboxylic acids is 1. The number of carbonyl (C=O) groups is 1. The molecule has 0 radical (unpaired) electrons. The van der Waals surface area contributed by atoms with Crippen LogP contribution in [0.1, 0.15) is 16.7 Å². The predicted molar refractivity (Wildman–Crippen MR) is 95.1 cm³/mol. The third kappa shape index (κ3) is 3.66. The Kier molecular flexibility index (Phi) is 4.53. The van der Waals surface area contributed by atoms with Crippen molar-refractivity contribution in [3.63, 3.8) is 0 Å². The van der Waals surface area contributed by atoms with Crippen molar-refractivity contribution in [2.45, 2.75) is 6.92 Å². The first-order chi connectivity index (χ1) is 11.1. The van der Waals surface area contributed by atoms with Gasteiger partial charge in [0.25, 0.3) is 0 Å². The van der Waals surface area contributed by atoms with E-state index < -0.39 is 5.97 Å². The Balaban J connectivity index is 1.82. The van der Waals surface area contributed by atoms with Gasteiger partial charge < -0.3 is 4.74 Å². The van der Waals surface area contributed by atoms with Gasteiger partial charge in [0.05, 0.1) is 0 Å². The molecule has 2 aromatic carbocycles. The summed E-state index contributed by atoms with van der Waals surface area (Å²) in [5.41, 5.74) is 3.20. The van der Waals surface area contributed by atoms with Crippen LogP contribution in [0, 0.1) is 6.92 Å². The van der Waals surface area contributed by atoms with Crippen LogP contribution in [0.15, 0.2) is 75.8 Å². The first-order valence-corrected chi connectivity index (χ1v) is 7.93. The van der Waals surface area contributed by atoms with Gasteiger partial charge in [0, 0.05) is 10.0 Å². The lowest BCUT2D eigenvalue weighted by Gasteiger charge is -2.02. The van der Waals surface area contributed by atoms with Gasteiger partial charge in [0.1, 0.15) is 0 Å². The summed E-state index contributed by atoms with van der Waals surface area (Å²) in [4.78, 5) is 16.2. The monoisotopic (exact) mass is 367 g/mol. The van der Waals surface area contributed by atoms with E-state index in [-0.39, 0.29) is 0 Å². The fourth-order valence-corrected chi connectivity index (χ4v) is 2.39. The summed E-state index contributed by atoms with van der Waals surface area (Å²) in [5.74, 6) is -0.0942. The highest BCUT2D eigenvalue weighted by Gasteiger charge is 2.23. The number of hydrogen-bond acceptors (Lipinski definition) is 3. The molecule has 0 saturated carbocycles. The van der Waals surface area contributed by atoms with E-state index in [1.165, 1.54) is 0 Å². The van der Waals surface area contributed by atoms with Gasteiger partial charge in [-0.25, -0.2) is 9.79 Å². The van der Waals surface area contributed by atoms with Crippen LogP contribution in [0.2, 0.25) is 0 Å². The standard InChI is InChI=1S/C19H14BrNO2/c1-13-12-15(10-11-16(13)20)18-21-17(19(22)23-18)9-5-8-14-6-3-2-4-7-14/h2-12H,1H3. The summed E-state index contributed by atoms with van der Waals surface area (Å²) in [6, 6.07) is 15.6. The summed E-state index contributed by atoms with van der Waals surface area (Å²) in [5, 5.41) is 0. The number of aliphatic imine (C=N–C) groups is 1. The van der Waals surface area contributed by atoms with Gasteiger partial charge in [0.2, 0.25) is 5.90 Å². The van der Waals surface area contributed by atoms with E-state index in [2.05, 4.69) is 20.9 Å². The van der Waals surface area contributed by atoms with Gasteiger partial charge >= 0.3 is 5.97 Å². The number of nitrogens with zero attached hydrogens (tertiary/aromatic N) is 1. The first kappa shape index (κ1) is 15.4. The Morgan fingerprint density at radius 1 is 1.13 bits per heavy atom. The summed E-state index contributed by atoms with van der Waals surface area (Å²) < 4.78 is 6.26. The zero-order valence-electron chi connectivity index (χ0n) is 12.5. The Morgan fingerprint density at radius 2 is 1.91 bits per heavy atom. The van der Waals surface area contributed by atoms with Crippen molar-refractivity contribution < 1.29 is 9.53 Å². The number of ether oxygens (including phenoxy) is 1. The quantitative estimate of drug-likeness (QED) is 0.584. The average molecular weight is 368 g/mol. The Bertz CT molecular complexity index is 836. The molecule has 4 heteroatoms. The Morgan fingerprint density at radius 3 is 2.65 bits per heavy atom. The minimum Gasteiger partial charge on any atom is -0.402 e. The number of benzene rings is 2. The van der Waals surface area contributed by atoms with Crippen LogP contribution in [-0.2, 0) is 9.53 Å². The van der Waals surface area contributed by atoms with E-state index in [4.69, 9.17) is 4.74 Å². The zero-order chi connectivity index (χ0) is 16.2. The van der Waals surface area contributed by atoms with Crippen molar-refractivity contribution in [1.82, 2.24) is 0 Å². The van der Waals surface area contributed by atoms with Gasteiger partial charge in [0.15, 0.2) is 5.70 Å². The fourth-order valence-electron chi connectivity index (χ4n) is 2.14. The van der Waals surface area contributed by atoms with Crippen LogP contribution >= 0.6 is 15.9 Å². The van der Waals surface area contributed by atoms with Crippen LogP contribution in [0.25, 0.3) is 6.08 Å². The molecule has 0 saturated heterocycles. The van der Waals surface area contributed by atoms with Gasteiger partial charge in [-0.15, -0.1) is 0 Å². The Hall–Kier alpha value is -2.46. The van der Waals surface area contributed by atoms with Gasteiger partial charge in [-0.1, -0.05) is 58.4 Å². The fraction of sp³-hybridized carbons (Fsp3) is 0.0526. The molecular formula is C19H14BrNO2. The van der Waals surface area contributed by atoms with Crippen LogP contribution in [0.5, 0.6) is 0 Å². The highest BCUT2D eigenvalue weighted by Crippen LogP contribution is 2.21. The van der Waals surface area contributed by atoms with E-state index in [9.17, 15) is 4.79 Å². The molecular weight excluding hydrogens is 354 g/mol. The van der Waals surface area contributed by atoms with E-state index in [0.717, 1.165) is 21.2 Å². The van der Waals surface area contributed by atoms with Crippen molar-refractivity contribution in [2.75, 3.05) is 0 Å². The van der Waals surface area contributed by atoms with Crippen molar-refractivity contribution in [2.24, 2.45) is 4.99 Å². The maximum Gasteiger partial charge on any atom is 0.363 e. The van der Waals surface area contributed by atoms with E-state index >= 15 is 0 Å². The maximum absolute atomic E-state index is 11.9. The molecule has 0 aromatic heterocycles. The normalized spacial score (nSPS) is 16.0. The molecule has 2 aromatic rings. The highest BCUT2D eigenvalue weighted by atomic mass is 79.9. The van der Waals surface area contributed by atoms with Crippen LogP contribution in [0.3, 0.4) is 0 Å². The van der Waals surface area contributed by atoms with Gasteiger partial charge in [-0.2, -0.15) is 0 Å². The van der Waals surface area contributed by atoms with Crippen LogP contribution in [0.4, 0.5) is 0 Å². The number of esters is 1. The summed E-state index contributed by atoms with van der Waals surface area (Å²) in [7, 11) is 0. The summed E-state index contributed by atoms with van der Waals surface area (Å²) in [6.07, 6.45) is 5.37. The van der Waals surface area contributed by atoms with Crippen molar-refractivity contribution in [3.05, 3.63) is 87.5 Å². The zero-order valence-corrected chi connectivity index (χ0v) is 14.1. The minimum absolute atomic E-state index is 0.299. The summed E-state index contributed by atoms with van der Waals surface area (Å²) in [6.45, 7) is 1.98. The van der Waals surface area contributed by atoms with Crippen molar-refractivity contribution in [3.8, 4) is 0 Å². The number of hydrogen-bond donors (Lipinski definition) is 0. The molecule has 1 aliphatic heterocycles. The third-order valence-electron chi connectivity index (χ3n) is 3.37. The molecule has 0 bridgehead atoms. The third-order valence-corrected chi connectivity index (χ3v) is 4.26. The molecule has 3 rings (SSSR count). The van der Waals surface area contributed by atoms with E-state index in [1.54, 1.807) is 12.2 Å². The number of allylic oxidation sites excluding steroid dienone is 2. The van der Waals surface area contributed by atoms with Crippen molar-refractivity contribution >= 4 is 33.9 Å². The molecule has 0 N–H and O–H groups in total. The molecule has 0 spiro atoms. The van der Waals surface area contributed by atoms with E-state index in [0.29, 0.717) is 11.6 Å². The molecule has 3 nitrogen and oxygen atoms in total. The number of halogens is 1. The largest absolute Gasteiger partial charge is 0.402 e. The second-order valence-corrected chi connectivity index (χ2v) is 5.95. The smallest absolute Gasteiger partial charge is 0.363 e. The molecule has 0 aliphatic carbocycles. The average Bonchev–Trinajstić information content (AvgIpc) is 2.92. The van der Waals surface area contributed by atoms with Crippen LogP contribution in [-0.4, -0.2) is 11.9 Å². The highest BCUT2D eigenvalue weighted by molar-refractivity contribution is 9.10. The Labute approximate surface area is 143 Å². The van der Waals surface area contributed by atoms with Crippen molar-refractivity contribution in [1.29, 1.82) is 0 Å². The minimum atomic E-state index is -0.432. The molecule has 0 fully saturated rings. The second-order valence-electron chi connectivity index (χ2n) is 5.09.